The highest BCUT2D eigenvalue weighted by atomic mass is 16.5. The molecule has 0 aliphatic heterocycles. The smallest absolute Gasteiger partial charge is 0.334 e. The van der Waals surface area contributed by atoms with Crippen LogP contribution in [0.3, 0.4) is 0 Å². The Balaban J connectivity index is 2.62. The van der Waals surface area contributed by atoms with Crippen molar-refractivity contribution in [2.24, 2.45) is 5.73 Å². The second-order valence-corrected chi connectivity index (χ2v) is 3.50. The van der Waals surface area contributed by atoms with Crippen LogP contribution < -0.4 is 10.5 Å². The first-order valence-corrected chi connectivity index (χ1v) is 4.84. The average Bonchev–Trinajstić information content (AvgIpc) is 2.28. The zero-order valence-electron chi connectivity index (χ0n) is 8.96. The fourth-order valence-electron chi connectivity index (χ4n) is 1.33. The highest BCUT2D eigenvalue weighted by molar-refractivity contribution is 5.72. The van der Waals surface area contributed by atoms with E-state index in [1.54, 1.807) is 31.4 Å². The van der Waals surface area contributed by atoms with Gasteiger partial charge in [-0.05, 0) is 24.1 Å². The van der Waals surface area contributed by atoms with Crippen LogP contribution in [0.2, 0.25) is 0 Å². The van der Waals surface area contributed by atoms with Gasteiger partial charge in [-0.1, -0.05) is 12.1 Å². The maximum absolute atomic E-state index is 10.5. The Bertz CT molecular complexity index is 350. The van der Waals surface area contributed by atoms with Gasteiger partial charge in [-0.15, -0.1) is 0 Å². The van der Waals surface area contributed by atoms with E-state index in [4.69, 9.17) is 15.6 Å². The standard InChI is InChI=1S/C11H15NO4/c1-16-8-4-2-7(3-5-8)6-9(12)10(13)11(14)15/h2-5,9-10,13H,6,12H2,1H3,(H,14,15)/t9-,10+/m1/s1. The number of nitrogens with two attached hydrogens (primary N) is 1. The molecule has 0 saturated heterocycles. The fourth-order valence-corrected chi connectivity index (χ4v) is 1.33. The summed E-state index contributed by atoms with van der Waals surface area (Å²) in [5, 5.41) is 17.8. The normalized spacial score (nSPS) is 14.2. The van der Waals surface area contributed by atoms with Gasteiger partial charge >= 0.3 is 5.97 Å². The number of rotatable bonds is 5. The highest BCUT2D eigenvalue weighted by Gasteiger charge is 2.22. The van der Waals surface area contributed by atoms with Crippen molar-refractivity contribution >= 4 is 5.97 Å². The van der Waals surface area contributed by atoms with Gasteiger partial charge in [0.1, 0.15) is 5.75 Å². The van der Waals surface area contributed by atoms with Crippen molar-refractivity contribution in [3.63, 3.8) is 0 Å². The van der Waals surface area contributed by atoms with Gasteiger partial charge in [0.15, 0.2) is 6.10 Å². The van der Waals surface area contributed by atoms with Gasteiger partial charge in [0.05, 0.1) is 7.11 Å². The molecule has 4 N–H and O–H groups in total. The van der Waals surface area contributed by atoms with E-state index < -0.39 is 18.1 Å². The molecule has 0 bridgehead atoms. The van der Waals surface area contributed by atoms with Crippen molar-refractivity contribution in [2.75, 3.05) is 7.11 Å². The van der Waals surface area contributed by atoms with Crippen LogP contribution in [0.5, 0.6) is 5.75 Å². The SMILES string of the molecule is COc1ccc(C[C@@H](N)[C@H](O)C(=O)O)cc1. The molecule has 0 spiro atoms. The van der Waals surface area contributed by atoms with Gasteiger partial charge in [0.2, 0.25) is 0 Å². The third kappa shape index (κ3) is 3.22. The molecule has 0 radical (unpaired) electrons. The molecule has 0 aliphatic carbocycles. The summed E-state index contributed by atoms with van der Waals surface area (Å²) in [6.07, 6.45) is -1.24. The summed E-state index contributed by atoms with van der Waals surface area (Å²) in [7, 11) is 1.56. The molecule has 1 rings (SSSR count). The van der Waals surface area contributed by atoms with Crippen molar-refractivity contribution in [1.82, 2.24) is 0 Å². The summed E-state index contributed by atoms with van der Waals surface area (Å²) in [4.78, 5) is 10.5. The Morgan fingerprint density at radius 3 is 2.44 bits per heavy atom. The van der Waals surface area contributed by atoms with Crippen LogP contribution in [0.25, 0.3) is 0 Å². The summed E-state index contributed by atoms with van der Waals surface area (Å²) >= 11 is 0. The van der Waals surface area contributed by atoms with E-state index in [1.807, 2.05) is 0 Å². The van der Waals surface area contributed by atoms with Crippen LogP contribution in [-0.2, 0) is 11.2 Å². The molecule has 5 heteroatoms. The van der Waals surface area contributed by atoms with Crippen LogP contribution >= 0.6 is 0 Å². The lowest BCUT2D eigenvalue weighted by Crippen LogP contribution is -2.41. The topological polar surface area (TPSA) is 92.8 Å². The van der Waals surface area contributed by atoms with Crippen LogP contribution in [0.15, 0.2) is 24.3 Å². The number of hydrogen-bond acceptors (Lipinski definition) is 4. The molecular weight excluding hydrogens is 210 g/mol. The largest absolute Gasteiger partial charge is 0.497 e. The number of aliphatic hydroxyl groups is 1. The summed E-state index contributed by atoms with van der Waals surface area (Å²) in [5.41, 5.74) is 6.41. The lowest BCUT2D eigenvalue weighted by atomic mass is 10.0. The van der Waals surface area contributed by atoms with E-state index in [-0.39, 0.29) is 0 Å². The molecule has 0 fully saturated rings. The van der Waals surface area contributed by atoms with E-state index in [2.05, 4.69) is 0 Å². The fraction of sp³-hybridized carbons (Fsp3) is 0.364. The summed E-state index contributed by atoms with van der Waals surface area (Å²) < 4.78 is 4.99. The van der Waals surface area contributed by atoms with Crippen LogP contribution in [0.1, 0.15) is 5.56 Å². The van der Waals surface area contributed by atoms with E-state index in [0.717, 1.165) is 11.3 Å². The van der Waals surface area contributed by atoms with Gasteiger partial charge in [-0.2, -0.15) is 0 Å². The number of ether oxygens (including phenoxy) is 1. The minimum atomic E-state index is -1.54. The predicted molar refractivity (Wildman–Crippen MR) is 58.3 cm³/mol. The number of carboxylic acid groups (broad SMARTS) is 1. The second kappa shape index (κ2) is 5.48. The summed E-state index contributed by atoms with van der Waals surface area (Å²) in [5.74, 6) is -0.586. The molecule has 0 saturated carbocycles. The van der Waals surface area contributed by atoms with Crippen molar-refractivity contribution in [2.45, 2.75) is 18.6 Å². The third-order valence-electron chi connectivity index (χ3n) is 2.29. The molecule has 2 atom stereocenters. The number of hydrogen-bond donors (Lipinski definition) is 3. The van der Waals surface area contributed by atoms with Gasteiger partial charge in [-0.3, -0.25) is 0 Å². The Morgan fingerprint density at radius 1 is 1.44 bits per heavy atom. The van der Waals surface area contributed by atoms with Crippen LogP contribution in [-0.4, -0.2) is 35.4 Å². The first-order valence-electron chi connectivity index (χ1n) is 4.84. The first kappa shape index (κ1) is 12.5. The molecule has 88 valence electrons. The van der Waals surface area contributed by atoms with Gasteiger partial charge in [0.25, 0.3) is 0 Å². The van der Waals surface area contributed by atoms with E-state index in [1.165, 1.54) is 0 Å². The maximum Gasteiger partial charge on any atom is 0.334 e. The maximum atomic E-state index is 10.5. The molecule has 0 heterocycles. The Hall–Kier alpha value is -1.59. The minimum absolute atomic E-state index is 0.303. The monoisotopic (exact) mass is 225 g/mol. The molecule has 16 heavy (non-hydrogen) atoms. The lowest BCUT2D eigenvalue weighted by Gasteiger charge is -2.14. The number of carboxylic acids is 1. The number of methoxy groups -OCH3 is 1. The minimum Gasteiger partial charge on any atom is -0.497 e. The molecular formula is C11H15NO4. The van der Waals surface area contributed by atoms with Crippen molar-refractivity contribution < 1.29 is 19.7 Å². The predicted octanol–water partition coefficient (Wildman–Crippen LogP) is 0.0105. The van der Waals surface area contributed by atoms with Crippen molar-refractivity contribution in [3.8, 4) is 5.75 Å². The molecule has 1 aromatic rings. The molecule has 0 amide bonds. The first-order chi connectivity index (χ1) is 7.54. The van der Waals surface area contributed by atoms with Gasteiger partial charge in [-0.25, -0.2) is 4.79 Å². The Kier molecular flexibility index (Phi) is 4.28. The molecule has 0 unspecified atom stereocenters. The molecule has 0 aromatic heterocycles. The lowest BCUT2D eigenvalue weighted by molar-refractivity contribution is -0.147. The second-order valence-electron chi connectivity index (χ2n) is 3.50. The number of carbonyl (C=O) groups is 1. The summed E-state index contributed by atoms with van der Waals surface area (Å²) in [6, 6.07) is 6.27. The van der Waals surface area contributed by atoms with E-state index >= 15 is 0 Å². The van der Waals surface area contributed by atoms with Gasteiger partial charge < -0.3 is 20.7 Å². The quantitative estimate of drug-likeness (QED) is 0.656. The Labute approximate surface area is 93.5 Å². The molecule has 5 nitrogen and oxygen atoms in total. The number of aliphatic carboxylic acids is 1. The highest BCUT2D eigenvalue weighted by Crippen LogP contribution is 2.13. The van der Waals surface area contributed by atoms with Gasteiger partial charge in [0, 0.05) is 6.04 Å². The summed E-state index contributed by atoms with van der Waals surface area (Å²) in [6.45, 7) is 0. The third-order valence-corrected chi connectivity index (χ3v) is 2.29. The van der Waals surface area contributed by atoms with Crippen molar-refractivity contribution in [3.05, 3.63) is 29.8 Å². The zero-order valence-corrected chi connectivity index (χ0v) is 8.96. The Morgan fingerprint density at radius 2 is 2.00 bits per heavy atom. The molecule has 1 aromatic carbocycles. The zero-order chi connectivity index (χ0) is 12.1. The molecule has 0 aliphatic rings. The van der Waals surface area contributed by atoms with Crippen LogP contribution in [0, 0.1) is 0 Å². The average molecular weight is 225 g/mol. The number of benzene rings is 1. The van der Waals surface area contributed by atoms with Crippen molar-refractivity contribution in [1.29, 1.82) is 0 Å². The van der Waals surface area contributed by atoms with E-state index in [0.29, 0.717) is 6.42 Å². The number of aliphatic hydroxyl groups excluding tert-OH is 1. The van der Waals surface area contributed by atoms with Crippen LogP contribution in [0.4, 0.5) is 0 Å². The van der Waals surface area contributed by atoms with E-state index in [9.17, 15) is 9.90 Å².